The molecule has 23 heavy (non-hydrogen) atoms. The molecular formula is C15H19NO6P+. The molecule has 0 bridgehead atoms. The molecule has 0 heterocycles. The molecule has 124 valence electrons. The highest BCUT2D eigenvalue weighted by atomic mass is 31.1. The van der Waals surface area contributed by atoms with Gasteiger partial charge in [0.2, 0.25) is 5.91 Å². The van der Waals surface area contributed by atoms with Crippen LogP contribution < -0.4 is 5.32 Å². The Balaban J connectivity index is 2.88. The van der Waals surface area contributed by atoms with Gasteiger partial charge in [0.05, 0.1) is 11.6 Å². The maximum atomic E-state index is 12.1. The number of benzene rings is 1. The molecule has 0 aliphatic rings. The summed E-state index contributed by atoms with van der Waals surface area (Å²) in [5.74, 6) is -0.950. The molecule has 0 fully saturated rings. The highest BCUT2D eigenvalue weighted by Crippen LogP contribution is 2.17. The van der Waals surface area contributed by atoms with Crippen LogP contribution in [0.25, 0.3) is 0 Å². The van der Waals surface area contributed by atoms with Crippen molar-refractivity contribution in [3.05, 3.63) is 48.0 Å². The first kappa shape index (κ1) is 19.0. The lowest BCUT2D eigenvalue weighted by Gasteiger charge is -2.23. The van der Waals surface area contributed by atoms with Gasteiger partial charge in [0.25, 0.3) is 0 Å². The molecule has 8 heteroatoms. The first-order valence-electron chi connectivity index (χ1n) is 6.89. The zero-order valence-corrected chi connectivity index (χ0v) is 13.7. The highest BCUT2D eigenvalue weighted by molar-refractivity contribution is 7.32. The van der Waals surface area contributed by atoms with E-state index >= 15 is 0 Å². The Labute approximate surface area is 135 Å². The van der Waals surface area contributed by atoms with Crippen LogP contribution in [-0.4, -0.2) is 35.5 Å². The summed E-state index contributed by atoms with van der Waals surface area (Å²) >= 11 is 0. The summed E-state index contributed by atoms with van der Waals surface area (Å²) < 4.78 is 20.7. The predicted octanol–water partition coefficient (Wildman–Crippen LogP) is 1.96. The molecule has 3 atom stereocenters. The van der Waals surface area contributed by atoms with Crippen LogP contribution in [0.2, 0.25) is 0 Å². The monoisotopic (exact) mass is 340 g/mol. The van der Waals surface area contributed by atoms with Crippen LogP contribution in [0.4, 0.5) is 0 Å². The minimum atomic E-state index is -2.82. The molecule has 0 saturated carbocycles. The van der Waals surface area contributed by atoms with Gasteiger partial charge in [-0.05, 0) is 25.1 Å². The Kier molecular flexibility index (Phi) is 8.11. The Bertz CT molecular complexity index is 575. The van der Waals surface area contributed by atoms with Gasteiger partial charge in [-0.25, -0.2) is 4.79 Å². The largest absolute Gasteiger partial charge is 0.694 e. The van der Waals surface area contributed by atoms with E-state index in [1.54, 1.807) is 49.4 Å². The number of ether oxygens (including phenoxy) is 1. The second-order valence-corrected chi connectivity index (χ2v) is 5.34. The van der Waals surface area contributed by atoms with Crippen LogP contribution in [0, 0.1) is 0 Å². The van der Waals surface area contributed by atoms with Crippen molar-refractivity contribution in [3.63, 3.8) is 0 Å². The lowest BCUT2D eigenvalue weighted by Crippen LogP contribution is -2.46. The zero-order valence-electron chi connectivity index (χ0n) is 12.8. The molecule has 0 aliphatic heterocycles. The molecular weight excluding hydrogens is 321 g/mol. The van der Waals surface area contributed by atoms with Gasteiger partial charge in [0, 0.05) is 11.5 Å². The highest BCUT2D eigenvalue weighted by Gasteiger charge is 2.28. The van der Waals surface area contributed by atoms with Crippen molar-refractivity contribution in [3.8, 4) is 0 Å². The summed E-state index contributed by atoms with van der Waals surface area (Å²) in [6.45, 7) is 2.74. The first-order chi connectivity index (χ1) is 10.9. The topological polar surface area (TPSA) is 102 Å². The molecule has 1 unspecified atom stereocenters. The number of carbonyl (C=O) groups excluding carboxylic acids is 2. The Morgan fingerprint density at radius 3 is 2.52 bits per heavy atom. The van der Waals surface area contributed by atoms with E-state index in [9.17, 15) is 14.2 Å². The maximum Gasteiger partial charge on any atom is 0.694 e. The molecule has 1 aromatic rings. The Morgan fingerprint density at radius 2 is 2.00 bits per heavy atom. The van der Waals surface area contributed by atoms with E-state index in [1.165, 1.54) is 6.92 Å². The van der Waals surface area contributed by atoms with Crippen molar-refractivity contribution in [2.24, 2.45) is 0 Å². The van der Waals surface area contributed by atoms with Crippen LogP contribution in [0.15, 0.2) is 42.5 Å². The predicted molar refractivity (Wildman–Crippen MR) is 83.8 cm³/mol. The first-order valence-corrected chi connectivity index (χ1v) is 8.02. The molecule has 1 aromatic carbocycles. The van der Waals surface area contributed by atoms with Crippen molar-refractivity contribution < 1.29 is 28.3 Å². The molecule has 0 aromatic heterocycles. The molecule has 0 aliphatic carbocycles. The van der Waals surface area contributed by atoms with Crippen molar-refractivity contribution >= 4 is 20.1 Å². The van der Waals surface area contributed by atoms with Gasteiger partial charge >= 0.3 is 14.2 Å². The third-order valence-corrected chi connectivity index (χ3v) is 3.15. The summed E-state index contributed by atoms with van der Waals surface area (Å²) in [4.78, 5) is 32.2. The van der Waals surface area contributed by atoms with Gasteiger partial charge < -0.3 is 10.1 Å². The van der Waals surface area contributed by atoms with Crippen LogP contribution >= 0.6 is 8.25 Å². The van der Waals surface area contributed by atoms with Gasteiger partial charge in [-0.3, -0.25) is 4.79 Å². The lowest BCUT2D eigenvalue weighted by atomic mass is 10.1. The van der Waals surface area contributed by atoms with Gasteiger partial charge in [-0.1, -0.05) is 24.3 Å². The van der Waals surface area contributed by atoms with E-state index < -0.39 is 26.4 Å². The Hall–Kier alpha value is -2.08. The van der Waals surface area contributed by atoms with Crippen molar-refractivity contribution in [2.45, 2.75) is 26.0 Å². The van der Waals surface area contributed by atoms with E-state index in [2.05, 4.69) is 9.84 Å². The maximum absolute atomic E-state index is 12.1. The second kappa shape index (κ2) is 9.84. The molecule has 1 amide bonds. The van der Waals surface area contributed by atoms with Crippen LogP contribution in [0.1, 0.15) is 24.2 Å². The molecule has 0 radical (unpaired) electrons. The quantitative estimate of drug-likeness (QED) is 0.426. The molecule has 0 saturated heterocycles. The number of hydrogen-bond donors (Lipinski definition) is 2. The van der Waals surface area contributed by atoms with E-state index in [1.807, 2.05) is 0 Å². The summed E-state index contributed by atoms with van der Waals surface area (Å²) in [7, 11) is -2.82. The summed E-state index contributed by atoms with van der Waals surface area (Å²) in [6, 6.07) is 7.58. The van der Waals surface area contributed by atoms with Crippen molar-refractivity contribution in [2.75, 3.05) is 6.61 Å². The number of amides is 1. The third kappa shape index (κ3) is 7.15. The second-order valence-electron chi connectivity index (χ2n) is 4.60. The number of rotatable bonds is 8. The molecule has 7 nitrogen and oxygen atoms in total. The molecule has 0 spiro atoms. The van der Waals surface area contributed by atoms with Crippen LogP contribution in [0.3, 0.4) is 0 Å². The van der Waals surface area contributed by atoms with Gasteiger partial charge in [0.15, 0.2) is 0 Å². The number of nitrogens with one attached hydrogen (secondary N) is 1. The fourth-order valence-corrected chi connectivity index (χ4v) is 2.12. The normalized spacial score (nSPS) is 14.1. The number of carbonyl (C=O) groups is 2. The van der Waals surface area contributed by atoms with Crippen LogP contribution in [-0.2, 0) is 18.6 Å². The third-order valence-electron chi connectivity index (χ3n) is 2.78. The smallest absolute Gasteiger partial charge is 0.452 e. The number of esters is 1. The van der Waals surface area contributed by atoms with Crippen LogP contribution in [0.5, 0.6) is 0 Å². The van der Waals surface area contributed by atoms with E-state index in [4.69, 9.17) is 9.63 Å². The fourth-order valence-electron chi connectivity index (χ4n) is 1.83. The standard InChI is InChI=1S/C15H18NO6P/c1-3-7-14(13(16-11(2)17)10-21-23(19)20)22-15(18)12-8-5-4-6-9-12/h3-9,13-14H,10H2,1-2H3,(H-,16,17,19,20)/p+1/b7-3+/t13-,14+/m0/s1. The average molecular weight is 340 g/mol. The summed E-state index contributed by atoms with van der Waals surface area (Å²) in [6.07, 6.45) is 2.37. The summed E-state index contributed by atoms with van der Waals surface area (Å²) in [5, 5.41) is 2.54. The van der Waals surface area contributed by atoms with Gasteiger partial charge in [-0.15, -0.1) is 9.42 Å². The minimum Gasteiger partial charge on any atom is -0.452 e. The van der Waals surface area contributed by atoms with E-state index in [0.29, 0.717) is 5.56 Å². The Morgan fingerprint density at radius 1 is 1.35 bits per heavy atom. The number of allylic oxidation sites excluding steroid dienone is 1. The fraction of sp³-hybridized carbons (Fsp3) is 0.333. The minimum absolute atomic E-state index is 0.275. The molecule has 1 rings (SSSR count). The van der Waals surface area contributed by atoms with E-state index in [0.717, 1.165) is 0 Å². The number of hydrogen-bond acceptors (Lipinski definition) is 5. The SMILES string of the molecule is C/C=C/[C@@H](OC(=O)c1ccccc1)[C@H](CO[P+](=O)O)NC(C)=O. The lowest BCUT2D eigenvalue weighted by molar-refractivity contribution is -0.120. The zero-order chi connectivity index (χ0) is 17.2. The van der Waals surface area contributed by atoms with Gasteiger partial charge in [0.1, 0.15) is 12.7 Å². The van der Waals surface area contributed by atoms with Gasteiger partial charge in [-0.2, -0.15) is 0 Å². The van der Waals surface area contributed by atoms with Crippen molar-refractivity contribution in [1.29, 1.82) is 0 Å². The van der Waals surface area contributed by atoms with Crippen molar-refractivity contribution in [1.82, 2.24) is 5.32 Å². The molecule has 2 N–H and O–H groups in total. The van der Waals surface area contributed by atoms with E-state index in [-0.39, 0.29) is 12.5 Å². The summed E-state index contributed by atoms with van der Waals surface area (Å²) in [5.41, 5.74) is 0.359. The average Bonchev–Trinajstić information content (AvgIpc) is 2.51.